The lowest BCUT2D eigenvalue weighted by Crippen LogP contribution is -1.83. The van der Waals surface area contributed by atoms with Crippen molar-refractivity contribution < 1.29 is 5.11 Å². The van der Waals surface area contributed by atoms with E-state index < -0.39 is 0 Å². The minimum Gasteiger partial charge on any atom is -0.507 e. The van der Waals surface area contributed by atoms with E-state index in [2.05, 4.69) is 0 Å². The highest BCUT2D eigenvalue weighted by atomic mass is 16.3. The average molecular weight is 148 g/mol. The smallest absolute Gasteiger partial charge is 0.121 e. The maximum atomic E-state index is 9.48. The van der Waals surface area contributed by atoms with E-state index in [4.69, 9.17) is 0 Å². The number of rotatable bonds is 1. The largest absolute Gasteiger partial charge is 0.507 e. The first-order valence-corrected chi connectivity index (χ1v) is 3.63. The van der Waals surface area contributed by atoms with Gasteiger partial charge in [0.25, 0.3) is 0 Å². The lowest BCUT2D eigenvalue weighted by Gasteiger charge is -2.00. The molecule has 0 aromatic heterocycles. The summed E-state index contributed by atoms with van der Waals surface area (Å²) in [6.07, 6.45) is 0. The molecule has 1 aromatic carbocycles. The molecule has 0 atom stereocenters. The van der Waals surface area contributed by atoms with E-state index in [1.165, 1.54) is 0 Å². The van der Waals surface area contributed by atoms with Crippen molar-refractivity contribution in [1.29, 1.82) is 0 Å². The molecule has 1 rings (SSSR count). The Hall–Kier alpha value is -1.24. The molecule has 0 aliphatic carbocycles. The van der Waals surface area contributed by atoms with Crippen molar-refractivity contribution in [2.45, 2.75) is 13.8 Å². The molecular weight excluding hydrogens is 136 g/mol. The molecule has 0 spiro atoms. The molecule has 11 heavy (non-hydrogen) atoms. The third-order valence-corrected chi connectivity index (χ3v) is 1.52. The molecule has 58 valence electrons. The standard InChI is InChI=1S/C10H12O/c1-8(2)10(11)9-6-4-3-5-7-9/h3-7,11H,1-2H3. The first kappa shape index (κ1) is 7.86. The van der Waals surface area contributed by atoms with Gasteiger partial charge in [0, 0.05) is 5.56 Å². The van der Waals surface area contributed by atoms with Gasteiger partial charge in [-0.05, 0) is 19.4 Å². The van der Waals surface area contributed by atoms with Gasteiger partial charge in [-0.2, -0.15) is 0 Å². The predicted molar refractivity (Wildman–Crippen MR) is 47.3 cm³/mol. The number of hydrogen-bond donors (Lipinski definition) is 1. The highest BCUT2D eigenvalue weighted by Crippen LogP contribution is 2.13. The van der Waals surface area contributed by atoms with Crippen LogP contribution in [0.5, 0.6) is 0 Å². The summed E-state index contributed by atoms with van der Waals surface area (Å²) in [5, 5.41) is 9.48. The Kier molecular flexibility index (Phi) is 2.32. The fourth-order valence-corrected chi connectivity index (χ4v) is 0.885. The molecule has 0 radical (unpaired) electrons. The summed E-state index contributed by atoms with van der Waals surface area (Å²) in [4.78, 5) is 0. The summed E-state index contributed by atoms with van der Waals surface area (Å²) < 4.78 is 0. The Morgan fingerprint density at radius 2 is 1.64 bits per heavy atom. The molecule has 0 fully saturated rings. The van der Waals surface area contributed by atoms with E-state index in [0.29, 0.717) is 5.76 Å². The summed E-state index contributed by atoms with van der Waals surface area (Å²) in [5.74, 6) is 0.380. The van der Waals surface area contributed by atoms with Crippen LogP contribution in [0.25, 0.3) is 5.76 Å². The van der Waals surface area contributed by atoms with Crippen LogP contribution in [0.4, 0.5) is 0 Å². The molecule has 0 aliphatic rings. The lowest BCUT2D eigenvalue weighted by molar-refractivity contribution is 0.506. The Balaban J connectivity index is 3.04. The van der Waals surface area contributed by atoms with Crippen LogP contribution in [-0.2, 0) is 0 Å². The first-order chi connectivity index (χ1) is 5.22. The zero-order chi connectivity index (χ0) is 8.27. The van der Waals surface area contributed by atoms with Crippen molar-refractivity contribution in [2.24, 2.45) is 0 Å². The summed E-state index contributed by atoms with van der Waals surface area (Å²) in [7, 11) is 0. The van der Waals surface area contributed by atoms with E-state index in [-0.39, 0.29) is 0 Å². The molecule has 1 aromatic rings. The Bertz CT molecular complexity index is 255. The van der Waals surface area contributed by atoms with E-state index >= 15 is 0 Å². The lowest BCUT2D eigenvalue weighted by atomic mass is 10.1. The molecule has 0 saturated heterocycles. The van der Waals surface area contributed by atoms with Gasteiger partial charge in [-0.15, -0.1) is 0 Å². The van der Waals surface area contributed by atoms with E-state index in [1.54, 1.807) is 0 Å². The van der Waals surface area contributed by atoms with Crippen LogP contribution in [-0.4, -0.2) is 5.11 Å². The van der Waals surface area contributed by atoms with Crippen LogP contribution in [0.1, 0.15) is 19.4 Å². The van der Waals surface area contributed by atoms with Gasteiger partial charge in [0.1, 0.15) is 5.76 Å². The molecule has 0 heterocycles. The number of aliphatic hydroxyl groups is 1. The average Bonchev–Trinajstić information content (AvgIpc) is 2.05. The van der Waals surface area contributed by atoms with E-state index in [0.717, 1.165) is 11.1 Å². The van der Waals surface area contributed by atoms with Crippen LogP contribution in [0.3, 0.4) is 0 Å². The molecule has 1 heteroatoms. The maximum Gasteiger partial charge on any atom is 0.121 e. The van der Waals surface area contributed by atoms with Crippen molar-refractivity contribution in [3.8, 4) is 0 Å². The van der Waals surface area contributed by atoms with Gasteiger partial charge in [-0.3, -0.25) is 0 Å². The van der Waals surface area contributed by atoms with Crippen molar-refractivity contribution >= 4 is 5.76 Å². The number of benzene rings is 1. The predicted octanol–water partition coefficient (Wildman–Crippen LogP) is 3.00. The SMILES string of the molecule is CC(C)=C(O)c1ccccc1. The minimum atomic E-state index is 0.380. The number of allylic oxidation sites excluding steroid dienone is 1. The summed E-state index contributed by atoms with van der Waals surface area (Å²) in [5.41, 5.74) is 1.82. The third-order valence-electron chi connectivity index (χ3n) is 1.52. The van der Waals surface area contributed by atoms with E-state index in [9.17, 15) is 5.11 Å². The van der Waals surface area contributed by atoms with Crippen molar-refractivity contribution in [3.63, 3.8) is 0 Å². The maximum absolute atomic E-state index is 9.48. The van der Waals surface area contributed by atoms with Crippen molar-refractivity contribution in [1.82, 2.24) is 0 Å². The van der Waals surface area contributed by atoms with Crippen LogP contribution in [0, 0.1) is 0 Å². The molecule has 1 N–H and O–H groups in total. The molecule has 0 bridgehead atoms. The minimum absolute atomic E-state index is 0.380. The molecule has 1 nitrogen and oxygen atoms in total. The topological polar surface area (TPSA) is 20.2 Å². The number of aliphatic hydroxyl groups excluding tert-OH is 1. The van der Waals surface area contributed by atoms with Crippen LogP contribution < -0.4 is 0 Å². The summed E-state index contributed by atoms with van der Waals surface area (Å²) >= 11 is 0. The second kappa shape index (κ2) is 3.24. The zero-order valence-electron chi connectivity index (χ0n) is 6.83. The fraction of sp³-hybridized carbons (Fsp3) is 0.200. The van der Waals surface area contributed by atoms with Gasteiger partial charge < -0.3 is 5.11 Å². The molecule has 0 saturated carbocycles. The monoisotopic (exact) mass is 148 g/mol. The number of hydrogen-bond acceptors (Lipinski definition) is 1. The molecular formula is C10H12O. The van der Waals surface area contributed by atoms with Gasteiger partial charge in [-0.1, -0.05) is 30.3 Å². The van der Waals surface area contributed by atoms with Crippen LogP contribution in [0.15, 0.2) is 35.9 Å². The second-order valence-electron chi connectivity index (χ2n) is 2.71. The van der Waals surface area contributed by atoms with Crippen LogP contribution in [0.2, 0.25) is 0 Å². The summed E-state index contributed by atoms with van der Waals surface area (Å²) in [6.45, 7) is 3.78. The highest BCUT2D eigenvalue weighted by Gasteiger charge is 1.97. The Labute approximate surface area is 67.0 Å². The molecule has 0 aliphatic heterocycles. The van der Waals surface area contributed by atoms with Gasteiger partial charge in [0.2, 0.25) is 0 Å². The third kappa shape index (κ3) is 1.84. The quantitative estimate of drug-likeness (QED) is 0.607. The normalized spacial score (nSPS) is 9.27. The van der Waals surface area contributed by atoms with Gasteiger partial charge in [-0.25, -0.2) is 0 Å². The summed E-state index contributed by atoms with van der Waals surface area (Å²) in [6, 6.07) is 9.54. The van der Waals surface area contributed by atoms with Gasteiger partial charge in [0.15, 0.2) is 0 Å². The van der Waals surface area contributed by atoms with Gasteiger partial charge in [0.05, 0.1) is 0 Å². The molecule has 0 amide bonds. The van der Waals surface area contributed by atoms with E-state index in [1.807, 2.05) is 44.2 Å². The van der Waals surface area contributed by atoms with Gasteiger partial charge >= 0.3 is 0 Å². The van der Waals surface area contributed by atoms with Crippen molar-refractivity contribution in [2.75, 3.05) is 0 Å². The Morgan fingerprint density at radius 1 is 1.09 bits per heavy atom. The highest BCUT2D eigenvalue weighted by molar-refractivity contribution is 5.60. The Morgan fingerprint density at radius 3 is 2.09 bits per heavy atom. The first-order valence-electron chi connectivity index (χ1n) is 3.63. The second-order valence-corrected chi connectivity index (χ2v) is 2.71. The zero-order valence-corrected chi connectivity index (χ0v) is 6.83. The van der Waals surface area contributed by atoms with Crippen molar-refractivity contribution in [3.05, 3.63) is 41.5 Å². The fourth-order valence-electron chi connectivity index (χ4n) is 0.885. The van der Waals surface area contributed by atoms with Crippen LogP contribution >= 0.6 is 0 Å². The molecule has 0 unspecified atom stereocenters.